The molecule has 2 heterocycles. The average Bonchev–Trinajstić information content (AvgIpc) is 2.81. The predicted octanol–water partition coefficient (Wildman–Crippen LogP) is 4.19. The van der Waals surface area contributed by atoms with Gasteiger partial charge in [0.15, 0.2) is 11.6 Å². The molecule has 2 aromatic rings. The fourth-order valence-corrected chi connectivity index (χ4v) is 2.36. The zero-order valence-electron chi connectivity index (χ0n) is 11.5. The standard InChI is InChI=1S/C14H18BrN3O/c1-4-6-10-12(15)14(16-5-2)18-13(17-10)11-8-7-9(3)19-11/h7-8H,4-6H2,1-3H3,(H,16,17,18). The van der Waals surface area contributed by atoms with E-state index in [1.165, 1.54) is 0 Å². The smallest absolute Gasteiger partial charge is 0.197 e. The van der Waals surface area contributed by atoms with Crippen molar-refractivity contribution in [1.82, 2.24) is 9.97 Å². The third-order valence-electron chi connectivity index (χ3n) is 2.71. The van der Waals surface area contributed by atoms with Crippen LogP contribution in [0, 0.1) is 6.92 Å². The number of aromatic nitrogens is 2. The van der Waals surface area contributed by atoms with Crippen LogP contribution in [0.2, 0.25) is 0 Å². The van der Waals surface area contributed by atoms with Crippen molar-refractivity contribution in [2.45, 2.75) is 33.6 Å². The summed E-state index contributed by atoms with van der Waals surface area (Å²) < 4.78 is 6.56. The van der Waals surface area contributed by atoms with E-state index in [4.69, 9.17) is 4.42 Å². The molecule has 0 aliphatic heterocycles. The third kappa shape index (κ3) is 3.15. The van der Waals surface area contributed by atoms with Crippen molar-refractivity contribution in [2.75, 3.05) is 11.9 Å². The van der Waals surface area contributed by atoms with Crippen LogP contribution in [0.25, 0.3) is 11.6 Å². The Morgan fingerprint density at radius 1 is 1.26 bits per heavy atom. The summed E-state index contributed by atoms with van der Waals surface area (Å²) in [7, 11) is 0. The highest BCUT2D eigenvalue weighted by atomic mass is 79.9. The quantitative estimate of drug-likeness (QED) is 0.896. The van der Waals surface area contributed by atoms with Gasteiger partial charge in [0.25, 0.3) is 0 Å². The van der Waals surface area contributed by atoms with Gasteiger partial charge in [-0.05, 0) is 48.3 Å². The van der Waals surface area contributed by atoms with Crippen LogP contribution in [0.4, 0.5) is 5.82 Å². The molecule has 1 N–H and O–H groups in total. The van der Waals surface area contributed by atoms with Crippen molar-refractivity contribution in [2.24, 2.45) is 0 Å². The zero-order valence-corrected chi connectivity index (χ0v) is 13.0. The van der Waals surface area contributed by atoms with E-state index in [2.05, 4.69) is 38.1 Å². The van der Waals surface area contributed by atoms with Crippen molar-refractivity contribution in [3.8, 4) is 11.6 Å². The second-order valence-corrected chi connectivity index (χ2v) is 5.14. The topological polar surface area (TPSA) is 51.0 Å². The van der Waals surface area contributed by atoms with Crippen LogP contribution < -0.4 is 5.32 Å². The Balaban J connectivity index is 2.48. The van der Waals surface area contributed by atoms with E-state index in [0.29, 0.717) is 11.6 Å². The van der Waals surface area contributed by atoms with Crippen LogP contribution in [0.5, 0.6) is 0 Å². The van der Waals surface area contributed by atoms with E-state index in [1.54, 1.807) is 0 Å². The van der Waals surface area contributed by atoms with Crippen LogP contribution in [-0.2, 0) is 6.42 Å². The Bertz CT molecular complexity index is 539. The SMILES string of the molecule is CCCc1nc(-c2ccc(C)o2)nc(NCC)c1Br. The summed E-state index contributed by atoms with van der Waals surface area (Å²) in [6, 6.07) is 3.83. The molecule has 19 heavy (non-hydrogen) atoms. The maximum absolute atomic E-state index is 5.61. The van der Waals surface area contributed by atoms with Crippen LogP contribution in [0.1, 0.15) is 31.7 Å². The largest absolute Gasteiger partial charge is 0.458 e. The molecule has 0 bridgehead atoms. The van der Waals surface area contributed by atoms with Crippen LogP contribution in [-0.4, -0.2) is 16.5 Å². The summed E-state index contributed by atoms with van der Waals surface area (Å²) in [5, 5.41) is 3.25. The van der Waals surface area contributed by atoms with Gasteiger partial charge in [-0.3, -0.25) is 0 Å². The molecule has 0 aromatic carbocycles. The first kappa shape index (κ1) is 14.1. The van der Waals surface area contributed by atoms with Crippen molar-refractivity contribution in [3.05, 3.63) is 28.1 Å². The summed E-state index contributed by atoms with van der Waals surface area (Å²) in [5.41, 5.74) is 1.01. The van der Waals surface area contributed by atoms with Crippen molar-refractivity contribution in [1.29, 1.82) is 0 Å². The van der Waals surface area contributed by atoms with Gasteiger partial charge in [-0.15, -0.1) is 0 Å². The normalized spacial score (nSPS) is 10.7. The molecule has 0 radical (unpaired) electrons. The predicted molar refractivity (Wildman–Crippen MR) is 80.3 cm³/mol. The lowest BCUT2D eigenvalue weighted by Gasteiger charge is -2.10. The van der Waals surface area contributed by atoms with E-state index in [1.807, 2.05) is 26.0 Å². The Morgan fingerprint density at radius 3 is 2.63 bits per heavy atom. The number of halogens is 1. The first-order valence-corrected chi connectivity index (χ1v) is 7.32. The Kier molecular flexibility index (Phi) is 4.58. The van der Waals surface area contributed by atoms with Crippen LogP contribution >= 0.6 is 15.9 Å². The number of hydrogen-bond donors (Lipinski definition) is 1. The number of nitrogens with zero attached hydrogens (tertiary/aromatic N) is 2. The third-order valence-corrected chi connectivity index (χ3v) is 3.54. The lowest BCUT2D eigenvalue weighted by Crippen LogP contribution is -2.06. The molecule has 0 atom stereocenters. The van der Waals surface area contributed by atoms with Gasteiger partial charge in [0.1, 0.15) is 11.6 Å². The zero-order chi connectivity index (χ0) is 13.8. The molecule has 0 unspecified atom stereocenters. The van der Waals surface area contributed by atoms with Crippen molar-refractivity contribution >= 4 is 21.7 Å². The van der Waals surface area contributed by atoms with Gasteiger partial charge in [-0.1, -0.05) is 13.3 Å². The average molecular weight is 324 g/mol. The first-order valence-electron chi connectivity index (χ1n) is 6.52. The monoisotopic (exact) mass is 323 g/mol. The molecule has 0 saturated carbocycles. The summed E-state index contributed by atoms with van der Waals surface area (Å²) in [4.78, 5) is 9.12. The molecule has 0 spiro atoms. The maximum Gasteiger partial charge on any atom is 0.197 e. The molecule has 2 aromatic heterocycles. The fourth-order valence-electron chi connectivity index (χ4n) is 1.85. The van der Waals surface area contributed by atoms with Gasteiger partial charge in [0.05, 0.1) is 10.2 Å². The lowest BCUT2D eigenvalue weighted by molar-refractivity contribution is 0.543. The van der Waals surface area contributed by atoms with Gasteiger partial charge < -0.3 is 9.73 Å². The Hall–Kier alpha value is -1.36. The molecule has 0 amide bonds. The highest BCUT2D eigenvalue weighted by Gasteiger charge is 2.14. The summed E-state index contributed by atoms with van der Waals surface area (Å²) in [6.45, 7) is 6.92. The molecule has 4 nitrogen and oxygen atoms in total. The summed E-state index contributed by atoms with van der Waals surface area (Å²) in [6.07, 6.45) is 1.95. The Morgan fingerprint density at radius 2 is 2.05 bits per heavy atom. The number of nitrogens with one attached hydrogen (secondary N) is 1. The Labute approximate surface area is 121 Å². The fraction of sp³-hybridized carbons (Fsp3) is 0.429. The van der Waals surface area contributed by atoms with Gasteiger partial charge in [-0.25, -0.2) is 9.97 Å². The summed E-state index contributed by atoms with van der Waals surface area (Å²) in [5.74, 6) is 3.03. The molecule has 0 fully saturated rings. The summed E-state index contributed by atoms with van der Waals surface area (Å²) >= 11 is 3.58. The lowest BCUT2D eigenvalue weighted by atomic mass is 10.2. The van der Waals surface area contributed by atoms with E-state index in [9.17, 15) is 0 Å². The van der Waals surface area contributed by atoms with Crippen molar-refractivity contribution < 1.29 is 4.42 Å². The van der Waals surface area contributed by atoms with E-state index < -0.39 is 0 Å². The van der Waals surface area contributed by atoms with Crippen molar-refractivity contribution in [3.63, 3.8) is 0 Å². The molecular formula is C14H18BrN3O. The molecule has 2 rings (SSSR count). The van der Waals surface area contributed by atoms with Crippen LogP contribution in [0.3, 0.4) is 0 Å². The highest BCUT2D eigenvalue weighted by molar-refractivity contribution is 9.10. The van der Waals surface area contributed by atoms with Gasteiger partial charge in [-0.2, -0.15) is 0 Å². The van der Waals surface area contributed by atoms with E-state index >= 15 is 0 Å². The minimum Gasteiger partial charge on any atom is -0.458 e. The molecule has 0 saturated heterocycles. The molecule has 0 aliphatic rings. The van der Waals surface area contributed by atoms with Crippen LogP contribution in [0.15, 0.2) is 21.0 Å². The molecule has 0 aliphatic carbocycles. The van der Waals surface area contributed by atoms with Gasteiger partial charge in [0, 0.05) is 6.54 Å². The number of anilines is 1. The van der Waals surface area contributed by atoms with Gasteiger partial charge in [0.2, 0.25) is 0 Å². The van der Waals surface area contributed by atoms with E-state index in [0.717, 1.165) is 41.1 Å². The number of aryl methyl sites for hydroxylation is 2. The van der Waals surface area contributed by atoms with Gasteiger partial charge >= 0.3 is 0 Å². The number of rotatable bonds is 5. The minimum absolute atomic E-state index is 0.635. The molecular weight excluding hydrogens is 306 g/mol. The first-order chi connectivity index (χ1) is 9.15. The molecule has 5 heteroatoms. The maximum atomic E-state index is 5.61. The highest BCUT2D eigenvalue weighted by Crippen LogP contribution is 2.28. The van der Waals surface area contributed by atoms with E-state index in [-0.39, 0.29) is 0 Å². The number of hydrogen-bond acceptors (Lipinski definition) is 4. The molecule has 102 valence electrons. The second-order valence-electron chi connectivity index (χ2n) is 4.35. The second kappa shape index (κ2) is 6.19. The number of furan rings is 1. The minimum atomic E-state index is 0.635.